The van der Waals surface area contributed by atoms with Crippen molar-refractivity contribution >= 4 is 5.82 Å². The van der Waals surface area contributed by atoms with E-state index in [1.807, 2.05) is 0 Å². The lowest BCUT2D eigenvalue weighted by Crippen LogP contribution is -2.22. The molecule has 7 heteroatoms. The Morgan fingerprint density at radius 1 is 1.38 bits per heavy atom. The lowest BCUT2D eigenvalue weighted by atomic mass is 10.5. The van der Waals surface area contributed by atoms with Gasteiger partial charge in [0.05, 0.1) is 6.20 Å². The van der Waals surface area contributed by atoms with Crippen molar-refractivity contribution in [3.8, 4) is 0 Å². The molecule has 0 amide bonds. The predicted molar refractivity (Wildman–Crippen MR) is 36.5 cm³/mol. The monoisotopic (exact) mass is 195 g/mol. The van der Waals surface area contributed by atoms with Crippen LogP contribution in [0.1, 0.15) is 0 Å². The van der Waals surface area contributed by atoms with Crippen molar-refractivity contribution in [3.63, 3.8) is 0 Å². The molecule has 1 aromatic rings. The molecule has 0 saturated heterocycles. The molecular weight excluding hydrogens is 190 g/mol. The van der Waals surface area contributed by atoms with Gasteiger partial charge in [0.25, 0.3) is 0 Å². The molecule has 72 valence electrons. The van der Waals surface area contributed by atoms with Crippen LogP contribution in [0.15, 0.2) is 12.5 Å². The number of nitrogens with one attached hydrogen (secondary N) is 1. The standard InChI is InChI=1S/C6H5F4N3/c7-4-1-11-3-13-5(4)12-2-6(8,9)10/h1,3H,2H2,(H,11,12,13). The average Bonchev–Trinajstić information content (AvgIpc) is 2.01. The van der Waals surface area contributed by atoms with Gasteiger partial charge in [0.1, 0.15) is 12.9 Å². The van der Waals surface area contributed by atoms with Gasteiger partial charge in [0, 0.05) is 0 Å². The van der Waals surface area contributed by atoms with Gasteiger partial charge in [-0.05, 0) is 0 Å². The molecular formula is C6H5F4N3. The molecule has 0 unspecified atom stereocenters. The Balaban J connectivity index is 2.60. The van der Waals surface area contributed by atoms with Crippen molar-refractivity contribution in [2.45, 2.75) is 6.18 Å². The highest BCUT2D eigenvalue weighted by Crippen LogP contribution is 2.16. The molecule has 0 radical (unpaired) electrons. The Kier molecular flexibility index (Phi) is 2.64. The summed E-state index contributed by atoms with van der Waals surface area (Å²) in [7, 11) is 0. The second-order valence-electron chi connectivity index (χ2n) is 2.19. The molecule has 0 bridgehead atoms. The molecule has 1 rings (SSSR count). The zero-order valence-electron chi connectivity index (χ0n) is 6.27. The van der Waals surface area contributed by atoms with E-state index in [2.05, 4.69) is 9.97 Å². The van der Waals surface area contributed by atoms with Crippen molar-refractivity contribution in [2.24, 2.45) is 0 Å². The van der Waals surface area contributed by atoms with Crippen LogP contribution in [-0.4, -0.2) is 22.7 Å². The first kappa shape index (κ1) is 9.69. The van der Waals surface area contributed by atoms with Gasteiger partial charge in [-0.15, -0.1) is 0 Å². The fourth-order valence-electron chi connectivity index (χ4n) is 0.627. The summed E-state index contributed by atoms with van der Waals surface area (Å²) in [6.07, 6.45) is -2.65. The predicted octanol–water partition coefficient (Wildman–Crippen LogP) is 1.59. The maximum absolute atomic E-state index is 12.6. The molecule has 0 aromatic carbocycles. The first-order valence-electron chi connectivity index (χ1n) is 3.25. The van der Waals surface area contributed by atoms with E-state index in [0.29, 0.717) is 0 Å². The molecule has 0 fully saturated rings. The van der Waals surface area contributed by atoms with E-state index in [9.17, 15) is 17.6 Å². The van der Waals surface area contributed by atoms with Gasteiger partial charge in [-0.3, -0.25) is 0 Å². The first-order valence-corrected chi connectivity index (χ1v) is 3.25. The molecule has 3 nitrogen and oxygen atoms in total. The minimum absolute atomic E-state index is 0.452. The maximum Gasteiger partial charge on any atom is 0.405 e. The van der Waals surface area contributed by atoms with Gasteiger partial charge >= 0.3 is 6.18 Å². The van der Waals surface area contributed by atoms with Crippen LogP contribution in [0.2, 0.25) is 0 Å². The molecule has 0 aliphatic carbocycles. The number of anilines is 1. The summed E-state index contributed by atoms with van der Waals surface area (Å²) in [4.78, 5) is 6.57. The van der Waals surface area contributed by atoms with Crippen LogP contribution < -0.4 is 5.32 Å². The Labute approximate surface area is 70.8 Å². The van der Waals surface area contributed by atoms with Crippen LogP contribution in [-0.2, 0) is 0 Å². The normalized spacial score (nSPS) is 11.4. The highest BCUT2D eigenvalue weighted by molar-refractivity contribution is 5.33. The van der Waals surface area contributed by atoms with Crippen molar-refractivity contribution in [2.75, 3.05) is 11.9 Å². The van der Waals surface area contributed by atoms with E-state index in [1.165, 1.54) is 0 Å². The summed E-state index contributed by atoms with van der Waals surface area (Å²) in [6.45, 7) is -1.32. The number of nitrogens with zero attached hydrogens (tertiary/aromatic N) is 2. The van der Waals surface area contributed by atoms with E-state index in [1.54, 1.807) is 5.32 Å². The summed E-state index contributed by atoms with van der Waals surface area (Å²) in [5, 5.41) is 1.80. The number of hydrogen-bond donors (Lipinski definition) is 1. The fourth-order valence-corrected chi connectivity index (χ4v) is 0.627. The second-order valence-corrected chi connectivity index (χ2v) is 2.19. The molecule has 0 saturated carbocycles. The van der Waals surface area contributed by atoms with Crippen LogP contribution in [0.25, 0.3) is 0 Å². The Hall–Kier alpha value is -1.40. The molecule has 1 heterocycles. The molecule has 0 atom stereocenters. The Bertz CT molecular complexity index is 285. The van der Waals surface area contributed by atoms with E-state index in [-0.39, 0.29) is 0 Å². The van der Waals surface area contributed by atoms with E-state index in [4.69, 9.17) is 0 Å². The Morgan fingerprint density at radius 2 is 2.08 bits per heavy atom. The van der Waals surface area contributed by atoms with Gasteiger partial charge < -0.3 is 5.32 Å². The molecule has 0 spiro atoms. The largest absolute Gasteiger partial charge is 0.405 e. The average molecular weight is 195 g/mol. The number of halogens is 4. The third-order valence-corrected chi connectivity index (χ3v) is 1.12. The molecule has 13 heavy (non-hydrogen) atoms. The van der Waals surface area contributed by atoms with Crippen LogP contribution in [0.3, 0.4) is 0 Å². The third kappa shape index (κ3) is 3.22. The fraction of sp³-hybridized carbons (Fsp3) is 0.333. The molecule has 1 N–H and O–H groups in total. The quantitative estimate of drug-likeness (QED) is 0.728. The zero-order valence-corrected chi connectivity index (χ0v) is 6.27. The van der Waals surface area contributed by atoms with Gasteiger partial charge in [-0.25, -0.2) is 14.4 Å². The SMILES string of the molecule is Fc1cncnc1NCC(F)(F)F. The minimum Gasteiger partial charge on any atom is -0.359 e. The minimum atomic E-state index is -4.39. The molecule has 1 aromatic heterocycles. The van der Waals surface area contributed by atoms with Crippen molar-refractivity contribution in [1.29, 1.82) is 0 Å². The summed E-state index contributed by atoms with van der Waals surface area (Å²) in [6, 6.07) is 0. The second kappa shape index (κ2) is 3.55. The third-order valence-electron chi connectivity index (χ3n) is 1.12. The van der Waals surface area contributed by atoms with Gasteiger partial charge in [0.2, 0.25) is 0 Å². The van der Waals surface area contributed by atoms with Crippen LogP contribution in [0.4, 0.5) is 23.4 Å². The van der Waals surface area contributed by atoms with Crippen molar-refractivity contribution in [1.82, 2.24) is 9.97 Å². The summed E-state index contributed by atoms with van der Waals surface area (Å²) < 4.78 is 47.5. The number of rotatable bonds is 2. The lowest BCUT2D eigenvalue weighted by Gasteiger charge is -2.08. The van der Waals surface area contributed by atoms with Gasteiger partial charge in [-0.2, -0.15) is 13.2 Å². The summed E-state index contributed by atoms with van der Waals surface area (Å²) in [5.41, 5.74) is 0. The van der Waals surface area contributed by atoms with Crippen LogP contribution in [0, 0.1) is 5.82 Å². The van der Waals surface area contributed by atoms with E-state index < -0.39 is 24.4 Å². The zero-order chi connectivity index (χ0) is 9.90. The number of hydrogen-bond acceptors (Lipinski definition) is 3. The topological polar surface area (TPSA) is 37.8 Å². The van der Waals surface area contributed by atoms with Gasteiger partial charge in [0.15, 0.2) is 11.6 Å². The lowest BCUT2D eigenvalue weighted by molar-refractivity contribution is -0.115. The number of alkyl halides is 3. The first-order chi connectivity index (χ1) is 5.99. The van der Waals surface area contributed by atoms with Crippen molar-refractivity contribution in [3.05, 3.63) is 18.3 Å². The molecule has 0 aliphatic heterocycles. The maximum atomic E-state index is 12.6. The van der Waals surface area contributed by atoms with Crippen LogP contribution in [0.5, 0.6) is 0 Å². The number of aromatic nitrogens is 2. The van der Waals surface area contributed by atoms with Crippen LogP contribution >= 0.6 is 0 Å². The van der Waals surface area contributed by atoms with E-state index in [0.717, 1.165) is 12.5 Å². The van der Waals surface area contributed by atoms with E-state index >= 15 is 0 Å². The Morgan fingerprint density at radius 3 is 2.62 bits per heavy atom. The smallest absolute Gasteiger partial charge is 0.359 e. The highest BCUT2D eigenvalue weighted by Gasteiger charge is 2.27. The summed E-state index contributed by atoms with van der Waals surface area (Å²) in [5.74, 6) is -1.36. The molecule has 0 aliphatic rings. The summed E-state index contributed by atoms with van der Waals surface area (Å²) >= 11 is 0. The van der Waals surface area contributed by atoms with Crippen molar-refractivity contribution < 1.29 is 17.6 Å². The van der Waals surface area contributed by atoms with Gasteiger partial charge in [-0.1, -0.05) is 0 Å². The highest BCUT2D eigenvalue weighted by atomic mass is 19.4.